The highest BCUT2D eigenvalue weighted by molar-refractivity contribution is 5.99. The number of fused-ring (bicyclic) bond motifs is 1. The minimum Gasteiger partial charge on any atom is -0.342 e. The van der Waals surface area contributed by atoms with Gasteiger partial charge in [0.1, 0.15) is 5.82 Å². The highest BCUT2D eigenvalue weighted by Gasteiger charge is 2.41. The molecule has 1 aliphatic rings. The number of rotatable bonds is 4. The molecule has 1 fully saturated rings. The van der Waals surface area contributed by atoms with E-state index in [2.05, 4.69) is 15.3 Å². The number of likely N-dealkylation sites (tertiary alicyclic amines) is 1. The Bertz CT molecular complexity index is 1030. The van der Waals surface area contributed by atoms with Crippen LogP contribution >= 0.6 is 0 Å². The number of para-hydroxylation sites is 2. The maximum Gasteiger partial charge on any atom is 0.416 e. The quantitative estimate of drug-likeness (QED) is 0.654. The maximum atomic E-state index is 12.6. The van der Waals surface area contributed by atoms with Gasteiger partial charge in [0.2, 0.25) is 5.91 Å². The van der Waals surface area contributed by atoms with Gasteiger partial charge in [-0.3, -0.25) is 9.69 Å². The third-order valence-electron chi connectivity index (χ3n) is 4.86. The van der Waals surface area contributed by atoms with Crippen molar-refractivity contribution < 1.29 is 22.8 Å². The summed E-state index contributed by atoms with van der Waals surface area (Å²) < 4.78 is 37.8. The van der Waals surface area contributed by atoms with Crippen LogP contribution < -0.4 is 5.32 Å². The molecule has 0 spiro atoms. The second-order valence-electron chi connectivity index (χ2n) is 6.88. The van der Waals surface area contributed by atoms with Crippen molar-refractivity contribution in [2.75, 3.05) is 0 Å². The van der Waals surface area contributed by atoms with E-state index in [1.165, 1.54) is 12.1 Å². The van der Waals surface area contributed by atoms with Crippen molar-refractivity contribution in [2.24, 2.45) is 0 Å². The predicted octanol–water partition coefficient (Wildman–Crippen LogP) is 3.63. The van der Waals surface area contributed by atoms with Gasteiger partial charge in [-0.05, 0) is 29.8 Å². The number of aromatic amines is 1. The highest BCUT2D eigenvalue weighted by Crippen LogP contribution is 2.29. The van der Waals surface area contributed by atoms with Crippen LogP contribution in [-0.2, 0) is 23.9 Å². The van der Waals surface area contributed by atoms with Crippen molar-refractivity contribution >= 4 is 23.0 Å². The molecule has 2 heterocycles. The van der Waals surface area contributed by atoms with E-state index >= 15 is 0 Å². The number of H-pyrrole nitrogens is 1. The number of urea groups is 1. The molecule has 150 valence electrons. The molecule has 0 radical (unpaired) electrons. The zero-order chi connectivity index (χ0) is 20.6. The van der Waals surface area contributed by atoms with Gasteiger partial charge in [-0.25, -0.2) is 9.78 Å². The van der Waals surface area contributed by atoms with Crippen molar-refractivity contribution in [3.63, 3.8) is 0 Å². The molecule has 1 atom stereocenters. The van der Waals surface area contributed by atoms with Crippen molar-refractivity contribution in [3.8, 4) is 0 Å². The van der Waals surface area contributed by atoms with E-state index in [-0.39, 0.29) is 24.9 Å². The Kier molecular flexibility index (Phi) is 4.73. The van der Waals surface area contributed by atoms with Crippen LogP contribution in [0.15, 0.2) is 48.5 Å². The normalized spacial score (nSPS) is 16.7. The lowest BCUT2D eigenvalue weighted by molar-refractivity contribution is -0.140. The fraction of sp³-hybridized carbons (Fsp3) is 0.250. The number of β-lactam (4-membered cyclic amide) rings is 1. The van der Waals surface area contributed by atoms with E-state index in [0.29, 0.717) is 17.8 Å². The number of nitrogens with one attached hydrogen (secondary N) is 2. The standard InChI is InChI=1S/C20H17F3N4O2/c21-20(22,23)13-7-5-12(6-8-13)11-24-19(29)27-14(10-18(27)28)9-17-25-15-3-1-2-4-16(15)26-17/h1-8,14H,9-11H2,(H,24,29)(H,25,26)/t14-/m0/s1. The van der Waals surface area contributed by atoms with Gasteiger partial charge < -0.3 is 10.3 Å². The van der Waals surface area contributed by atoms with Gasteiger partial charge in [-0.1, -0.05) is 24.3 Å². The number of aromatic nitrogens is 2. The van der Waals surface area contributed by atoms with Crippen LogP contribution in [0.5, 0.6) is 0 Å². The van der Waals surface area contributed by atoms with Gasteiger partial charge >= 0.3 is 12.2 Å². The average molecular weight is 402 g/mol. The Morgan fingerprint density at radius 3 is 2.55 bits per heavy atom. The van der Waals surface area contributed by atoms with Crippen LogP contribution in [0.3, 0.4) is 0 Å². The van der Waals surface area contributed by atoms with E-state index in [1.54, 1.807) is 0 Å². The molecule has 2 N–H and O–H groups in total. The van der Waals surface area contributed by atoms with Crippen LogP contribution in [-0.4, -0.2) is 32.8 Å². The smallest absolute Gasteiger partial charge is 0.342 e. The van der Waals surface area contributed by atoms with Crippen LogP contribution in [0.4, 0.5) is 18.0 Å². The summed E-state index contributed by atoms with van der Waals surface area (Å²) in [6.45, 7) is 0.0259. The predicted molar refractivity (Wildman–Crippen MR) is 98.7 cm³/mol. The van der Waals surface area contributed by atoms with Crippen LogP contribution in [0, 0.1) is 0 Å². The molecular weight excluding hydrogens is 385 g/mol. The van der Waals surface area contributed by atoms with Gasteiger partial charge in [-0.15, -0.1) is 0 Å². The summed E-state index contributed by atoms with van der Waals surface area (Å²) in [5.74, 6) is 0.389. The van der Waals surface area contributed by atoms with Gasteiger partial charge in [0, 0.05) is 19.4 Å². The summed E-state index contributed by atoms with van der Waals surface area (Å²) in [4.78, 5) is 33.1. The van der Waals surface area contributed by atoms with Crippen molar-refractivity contribution in [1.82, 2.24) is 20.2 Å². The summed E-state index contributed by atoms with van der Waals surface area (Å²) in [5, 5.41) is 2.59. The number of carbonyl (C=O) groups is 2. The third-order valence-corrected chi connectivity index (χ3v) is 4.86. The topological polar surface area (TPSA) is 78.1 Å². The number of nitrogens with zero attached hydrogens (tertiary/aromatic N) is 2. The van der Waals surface area contributed by atoms with E-state index < -0.39 is 17.8 Å². The number of benzene rings is 2. The van der Waals surface area contributed by atoms with Crippen LogP contribution in [0.2, 0.25) is 0 Å². The molecule has 1 saturated heterocycles. The van der Waals surface area contributed by atoms with E-state index in [0.717, 1.165) is 28.1 Å². The van der Waals surface area contributed by atoms with Crippen molar-refractivity contribution in [3.05, 3.63) is 65.5 Å². The highest BCUT2D eigenvalue weighted by atomic mass is 19.4. The first-order valence-corrected chi connectivity index (χ1v) is 9.01. The Morgan fingerprint density at radius 1 is 1.17 bits per heavy atom. The fourth-order valence-electron chi connectivity index (χ4n) is 3.32. The first-order valence-electron chi connectivity index (χ1n) is 9.01. The monoisotopic (exact) mass is 402 g/mol. The zero-order valence-electron chi connectivity index (χ0n) is 15.2. The minimum atomic E-state index is -4.41. The Morgan fingerprint density at radius 2 is 1.90 bits per heavy atom. The molecule has 4 rings (SSSR count). The molecule has 1 aliphatic heterocycles. The molecule has 0 saturated carbocycles. The Balaban J connectivity index is 1.36. The van der Waals surface area contributed by atoms with Gasteiger partial charge in [0.05, 0.1) is 22.6 Å². The lowest BCUT2D eigenvalue weighted by atomic mass is 9.99. The molecule has 1 aromatic heterocycles. The number of amides is 3. The summed E-state index contributed by atoms with van der Waals surface area (Å²) in [7, 11) is 0. The zero-order valence-corrected chi connectivity index (χ0v) is 15.2. The first-order chi connectivity index (χ1) is 13.8. The largest absolute Gasteiger partial charge is 0.416 e. The molecule has 29 heavy (non-hydrogen) atoms. The van der Waals surface area contributed by atoms with Gasteiger partial charge in [0.25, 0.3) is 0 Å². The summed E-state index contributed by atoms with van der Waals surface area (Å²) in [6.07, 6.45) is -3.76. The molecule has 0 aliphatic carbocycles. The molecule has 9 heteroatoms. The fourth-order valence-corrected chi connectivity index (χ4v) is 3.32. The minimum absolute atomic E-state index is 0.0259. The Hall–Kier alpha value is -3.36. The second kappa shape index (κ2) is 7.23. The number of carbonyl (C=O) groups excluding carboxylic acids is 2. The number of alkyl halides is 3. The Labute approximate surface area is 163 Å². The molecule has 3 amide bonds. The van der Waals surface area contributed by atoms with Crippen molar-refractivity contribution in [2.45, 2.75) is 31.6 Å². The van der Waals surface area contributed by atoms with E-state index in [4.69, 9.17) is 0 Å². The second-order valence-corrected chi connectivity index (χ2v) is 6.88. The van der Waals surface area contributed by atoms with Crippen LogP contribution in [0.25, 0.3) is 11.0 Å². The van der Waals surface area contributed by atoms with Gasteiger partial charge in [0.15, 0.2) is 0 Å². The van der Waals surface area contributed by atoms with E-state index in [1.807, 2.05) is 24.3 Å². The molecule has 0 bridgehead atoms. The maximum absolute atomic E-state index is 12.6. The average Bonchev–Trinajstić information content (AvgIpc) is 3.08. The lowest BCUT2D eigenvalue weighted by Crippen LogP contribution is -2.59. The summed E-state index contributed by atoms with van der Waals surface area (Å²) in [6, 6.07) is 11.2. The molecule has 2 aromatic carbocycles. The number of imide groups is 1. The number of imidazole rings is 1. The van der Waals surface area contributed by atoms with Crippen molar-refractivity contribution in [1.29, 1.82) is 0 Å². The number of halogens is 3. The number of hydrogen-bond acceptors (Lipinski definition) is 3. The van der Waals surface area contributed by atoms with Gasteiger partial charge in [-0.2, -0.15) is 13.2 Å². The summed E-state index contributed by atoms with van der Waals surface area (Å²) in [5.41, 5.74) is 1.45. The van der Waals surface area contributed by atoms with E-state index in [9.17, 15) is 22.8 Å². The third kappa shape index (κ3) is 3.94. The first kappa shape index (κ1) is 19.0. The molecule has 0 unspecified atom stereocenters. The summed E-state index contributed by atoms with van der Waals surface area (Å²) >= 11 is 0. The number of hydrogen-bond donors (Lipinski definition) is 2. The van der Waals surface area contributed by atoms with Crippen LogP contribution in [0.1, 0.15) is 23.4 Å². The SMILES string of the molecule is O=C1C[C@H](Cc2nc3ccccc3[nH]2)N1C(=O)NCc1ccc(C(F)(F)F)cc1. The molecular formula is C20H17F3N4O2. The lowest BCUT2D eigenvalue weighted by Gasteiger charge is -2.38. The molecule has 6 nitrogen and oxygen atoms in total. The molecule has 3 aromatic rings.